The highest BCUT2D eigenvalue weighted by Crippen LogP contribution is 2.26. The summed E-state index contributed by atoms with van der Waals surface area (Å²) in [6, 6.07) is 10.5. The summed E-state index contributed by atoms with van der Waals surface area (Å²) in [4.78, 5) is 0. The molecule has 1 N–H and O–H groups in total. The van der Waals surface area contributed by atoms with E-state index in [2.05, 4.69) is 41.5 Å². The molecule has 0 saturated heterocycles. The first-order chi connectivity index (χ1) is 8.31. The molecular weight excluding hydrogens is 230 g/mol. The summed E-state index contributed by atoms with van der Waals surface area (Å²) in [5, 5.41) is 14.0. The summed E-state index contributed by atoms with van der Waals surface area (Å²) in [6.45, 7) is 5.31. The van der Waals surface area contributed by atoms with E-state index in [4.69, 9.17) is 0 Å². The van der Waals surface area contributed by atoms with Crippen molar-refractivity contribution in [3.05, 3.63) is 35.3 Å². The maximum atomic E-state index is 4.25. The Hall–Kier alpha value is -1.26. The van der Waals surface area contributed by atoms with Gasteiger partial charge in [0, 0.05) is 5.56 Å². The lowest BCUT2D eigenvalue weighted by atomic mass is 10.2. The van der Waals surface area contributed by atoms with Gasteiger partial charge in [-0.1, -0.05) is 48.6 Å². The maximum absolute atomic E-state index is 4.25. The average molecular weight is 247 g/mol. The summed E-state index contributed by atoms with van der Waals surface area (Å²) >= 11 is 1.66. The molecule has 0 bridgehead atoms. The topological polar surface area (TPSA) is 37.8 Å². The summed E-state index contributed by atoms with van der Waals surface area (Å²) in [7, 11) is 0. The SMILES string of the molecule is CCCNC(C)c1nnc(-c2ccccc2)s1. The first kappa shape index (κ1) is 12.2. The van der Waals surface area contributed by atoms with Crippen LogP contribution >= 0.6 is 11.3 Å². The molecule has 0 aliphatic rings. The Morgan fingerprint density at radius 3 is 2.71 bits per heavy atom. The number of rotatable bonds is 5. The van der Waals surface area contributed by atoms with Crippen LogP contribution in [0.1, 0.15) is 31.3 Å². The molecule has 90 valence electrons. The summed E-state index contributed by atoms with van der Waals surface area (Å²) in [5.41, 5.74) is 1.14. The molecule has 17 heavy (non-hydrogen) atoms. The van der Waals surface area contributed by atoms with Gasteiger partial charge in [-0.15, -0.1) is 10.2 Å². The summed E-state index contributed by atoms with van der Waals surface area (Å²) in [5.74, 6) is 0. The second-order valence-electron chi connectivity index (χ2n) is 3.99. The lowest BCUT2D eigenvalue weighted by Crippen LogP contribution is -2.18. The molecule has 4 heteroatoms. The van der Waals surface area contributed by atoms with Gasteiger partial charge in [0.15, 0.2) is 0 Å². The molecular formula is C13H17N3S. The molecule has 1 atom stereocenters. The third-order valence-electron chi connectivity index (χ3n) is 2.53. The Bertz CT molecular complexity index is 453. The molecule has 1 aromatic carbocycles. The molecule has 3 nitrogen and oxygen atoms in total. The molecule has 0 aliphatic carbocycles. The first-order valence-electron chi connectivity index (χ1n) is 5.93. The molecule has 0 fully saturated rings. The molecule has 0 radical (unpaired) electrons. The zero-order chi connectivity index (χ0) is 12.1. The van der Waals surface area contributed by atoms with Crippen LogP contribution in [-0.2, 0) is 0 Å². The van der Waals surface area contributed by atoms with Gasteiger partial charge in [0.1, 0.15) is 10.0 Å². The third-order valence-corrected chi connectivity index (χ3v) is 3.69. The molecule has 1 unspecified atom stereocenters. The van der Waals surface area contributed by atoms with Crippen LogP contribution in [0.3, 0.4) is 0 Å². The molecule has 0 aliphatic heterocycles. The van der Waals surface area contributed by atoms with Gasteiger partial charge < -0.3 is 5.32 Å². The van der Waals surface area contributed by atoms with Crippen LogP contribution in [-0.4, -0.2) is 16.7 Å². The molecule has 1 heterocycles. The minimum absolute atomic E-state index is 0.282. The quantitative estimate of drug-likeness (QED) is 0.881. The Morgan fingerprint density at radius 1 is 1.24 bits per heavy atom. The minimum atomic E-state index is 0.282. The Kier molecular flexibility index (Phi) is 4.23. The molecule has 2 rings (SSSR count). The van der Waals surface area contributed by atoms with Gasteiger partial charge in [0.25, 0.3) is 0 Å². The van der Waals surface area contributed by atoms with Crippen molar-refractivity contribution >= 4 is 11.3 Å². The number of benzene rings is 1. The molecule has 0 saturated carbocycles. The van der Waals surface area contributed by atoms with Gasteiger partial charge in [-0.25, -0.2) is 0 Å². The van der Waals surface area contributed by atoms with E-state index < -0.39 is 0 Å². The fraction of sp³-hybridized carbons (Fsp3) is 0.385. The highest BCUT2D eigenvalue weighted by molar-refractivity contribution is 7.14. The minimum Gasteiger partial charge on any atom is -0.308 e. The summed E-state index contributed by atoms with van der Waals surface area (Å²) in [6.07, 6.45) is 1.13. The zero-order valence-electron chi connectivity index (χ0n) is 10.2. The van der Waals surface area contributed by atoms with E-state index >= 15 is 0 Å². The van der Waals surface area contributed by atoms with E-state index in [1.54, 1.807) is 11.3 Å². The Labute approximate surface area is 106 Å². The van der Waals surface area contributed by atoms with Crippen molar-refractivity contribution in [1.82, 2.24) is 15.5 Å². The van der Waals surface area contributed by atoms with Crippen LogP contribution in [0.4, 0.5) is 0 Å². The predicted molar refractivity (Wildman–Crippen MR) is 72.1 cm³/mol. The number of hydrogen-bond donors (Lipinski definition) is 1. The second-order valence-corrected chi connectivity index (χ2v) is 5.00. The fourth-order valence-corrected chi connectivity index (χ4v) is 2.43. The van der Waals surface area contributed by atoms with Crippen molar-refractivity contribution in [1.29, 1.82) is 0 Å². The lowest BCUT2D eigenvalue weighted by molar-refractivity contribution is 0.564. The van der Waals surface area contributed by atoms with Crippen LogP contribution in [0.15, 0.2) is 30.3 Å². The molecule has 0 spiro atoms. The van der Waals surface area contributed by atoms with Crippen molar-refractivity contribution in [2.24, 2.45) is 0 Å². The van der Waals surface area contributed by atoms with Crippen molar-refractivity contribution in [3.63, 3.8) is 0 Å². The Morgan fingerprint density at radius 2 is 2.00 bits per heavy atom. The zero-order valence-corrected chi connectivity index (χ0v) is 11.0. The highest BCUT2D eigenvalue weighted by atomic mass is 32.1. The number of hydrogen-bond acceptors (Lipinski definition) is 4. The fourth-order valence-electron chi connectivity index (χ4n) is 1.56. The smallest absolute Gasteiger partial charge is 0.147 e. The lowest BCUT2D eigenvalue weighted by Gasteiger charge is -2.08. The normalized spacial score (nSPS) is 12.6. The number of nitrogens with one attached hydrogen (secondary N) is 1. The van der Waals surface area contributed by atoms with E-state index in [1.165, 1.54) is 0 Å². The summed E-state index contributed by atoms with van der Waals surface area (Å²) < 4.78 is 0. The van der Waals surface area contributed by atoms with Gasteiger partial charge >= 0.3 is 0 Å². The third kappa shape index (κ3) is 3.11. The Balaban J connectivity index is 2.11. The van der Waals surface area contributed by atoms with E-state index in [0.717, 1.165) is 28.5 Å². The van der Waals surface area contributed by atoms with Gasteiger partial charge in [0.2, 0.25) is 0 Å². The van der Waals surface area contributed by atoms with Gasteiger partial charge in [0.05, 0.1) is 6.04 Å². The van der Waals surface area contributed by atoms with Crippen molar-refractivity contribution < 1.29 is 0 Å². The first-order valence-corrected chi connectivity index (χ1v) is 6.75. The van der Waals surface area contributed by atoms with Gasteiger partial charge in [-0.3, -0.25) is 0 Å². The van der Waals surface area contributed by atoms with Crippen LogP contribution < -0.4 is 5.32 Å². The predicted octanol–water partition coefficient (Wildman–Crippen LogP) is 3.27. The molecule has 2 aromatic rings. The number of nitrogens with zero attached hydrogens (tertiary/aromatic N) is 2. The highest BCUT2D eigenvalue weighted by Gasteiger charge is 2.11. The largest absolute Gasteiger partial charge is 0.308 e. The maximum Gasteiger partial charge on any atom is 0.147 e. The monoisotopic (exact) mass is 247 g/mol. The standard InChI is InChI=1S/C13H17N3S/c1-3-9-14-10(2)12-15-16-13(17-12)11-7-5-4-6-8-11/h4-8,10,14H,3,9H2,1-2H3. The van der Waals surface area contributed by atoms with Crippen LogP contribution in [0.5, 0.6) is 0 Å². The van der Waals surface area contributed by atoms with Crippen molar-refractivity contribution in [3.8, 4) is 10.6 Å². The van der Waals surface area contributed by atoms with E-state index in [1.807, 2.05) is 18.2 Å². The van der Waals surface area contributed by atoms with E-state index in [0.29, 0.717) is 0 Å². The molecule has 1 aromatic heterocycles. The molecule has 0 amide bonds. The van der Waals surface area contributed by atoms with Crippen molar-refractivity contribution in [2.75, 3.05) is 6.54 Å². The van der Waals surface area contributed by atoms with E-state index in [9.17, 15) is 0 Å². The van der Waals surface area contributed by atoms with E-state index in [-0.39, 0.29) is 6.04 Å². The average Bonchev–Trinajstić information content (AvgIpc) is 2.86. The number of aromatic nitrogens is 2. The van der Waals surface area contributed by atoms with Gasteiger partial charge in [-0.05, 0) is 19.9 Å². The van der Waals surface area contributed by atoms with Crippen LogP contribution in [0, 0.1) is 0 Å². The van der Waals surface area contributed by atoms with Gasteiger partial charge in [-0.2, -0.15) is 0 Å². The van der Waals surface area contributed by atoms with Crippen molar-refractivity contribution in [2.45, 2.75) is 26.3 Å². The van der Waals surface area contributed by atoms with Crippen LogP contribution in [0.25, 0.3) is 10.6 Å². The van der Waals surface area contributed by atoms with Crippen LogP contribution in [0.2, 0.25) is 0 Å². The second kappa shape index (κ2) is 5.89.